The van der Waals surface area contributed by atoms with Gasteiger partial charge in [0.05, 0.1) is 0 Å². The Morgan fingerprint density at radius 2 is 2.04 bits per heavy atom. The fraction of sp³-hybridized carbons (Fsp3) is 0.286. The summed E-state index contributed by atoms with van der Waals surface area (Å²) < 4.78 is 29.1. The van der Waals surface area contributed by atoms with Crippen molar-refractivity contribution in [2.45, 2.75) is 26.5 Å². The van der Waals surface area contributed by atoms with E-state index in [1.807, 2.05) is 12.3 Å². The van der Waals surface area contributed by atoms with Gasteiger partial charge in [0.2, 0.25) is 0 Å². The van der Waals surface area contributed by atoms with Gasteiger partial charge in [-0.2, -0.15) is 8.78 Å². The molecule has 0 spiro atoms. The van der Waals surface area contributed by atoms with Gasteiger partial charge in [-0.15, -0.1) is 0 Å². The molecule has 3 rings (SSSR count). The van der Waals surface area contributed by atoms with Crippen LogP contribution < -0.4 is 15.4 Å². The highest BCUT2D eigenvalue weighted by Gasteiger charge is 2.06. The Hall–Kier alpha value is -3.09. The van der Waals surface area contributed by atoms with Crippen LogP contribution in [-0.2, 0) is 13.0 Å². The van der Waals surface area contributed by atoms with Gasteiger partial charge in [0.15, 0.2) is 5.96 Å². The second kappa shape index (κ2) is 9.21. The lowest BCUT2D eigenvalue weighted by atomic mass is 10.1. The standard InChI is InChI=1S/C21H24F2N4O/c1-14-6-7-18-16(13-26-19(18)10-14)8-9-25-21(24-2)27-12-15-4-3-5-17(11-15)28-20(22)23/h3-7,10-11,13,20,26H,8-9,12H2,1-2H3,(H2,24,25,27). The predicted molar refractivity (Wildman–Crippen MR) is 108 cm³/mol. The minimum atomic E-state index is -2.83. The first-order valence-electron chi connectivity index (χ1n) is 9.10. The molecule has 0 atom stereocenters. The average molecular weight is 386 g/mol. The number of rotatable bonds is 7. The molecule has 0 unspecified atom stereocenters. The summed E-state index contributed by atoms with van der Waals surface area (Å²) in [6.45, 7) is 0.416. The maximum atomic E-state index is 12.3. The number of hydrogen-bond acceptors (Lipinski definition) is 2. The maximum Gasteiger partial charge on any atom is 0.387 e. The molecule has 1 aromatic heterocycles. The minimum absolute atomic E-state index is 0.145. The highest BCUT2D eigenvalue weighted by Crippen LogP contribution is 2.19. The largest absolute Gasteiger partial charge is 0.435 e. The fourth-order valence-electron chi connectivity index (χ4n) is 3.06. The van der Waals surface area contributed by atoms with Crippen LogP contribution in [0.1, 0.15) is 16.7 Å². The number of aromatic nitrogens is 1. The number of fused-ring (bicyclic) bond motifs is 1. The zero-order valence-electron chi connectivity index (χ0n) is 15.9. The van der Waals surface area contributed by atoms with Crippen LogP contribution in [0.5, 0.6) is 5.75 Å². The van der Waals surface area contributed by atoms with Crippen LogP contribution in [0.2, 0.25) is 0 Å². The number of alkyl halides is 2. The number of aromatic amines is 1. The number of halogens is 2. The Balaban J connectivity index is 1.51. The van der Waals surface area contributed by atoms with Crippen LogP contribution in [0.3, 0.4) is 0 Å². The monoisotopic (exact) mass is 386 g/mol. The molecule has 0 fully saturated rings. The zero-order chi connectivity index (χ0) is 19.9. The number of hydrogen-bond donors (Lipinski definition) is 3. The fourth-order valence-corrected chi connectivity index (χ4v) is 3.06. The molecule has 148 valence electrons. The zero-order valence-corrected chi connectivity index (χ0v) is 15.9. The van der Waals surface area contributed by atoms with Crippen molar-refractivity contribution in [3.63, 3.8) is 0 Å². The van der Waals surface area contributed by atoms with E-state index < -0.39 is 6.61 Å². The normalized spacial score (nSPS) is 11.8. The summed E-state index contributed by atoms with van der Waals surface area (Å²) in [4.78, 5) is 7.51. The molecule has 0 amide bonds. The van der Waals surface area contributed by atoms with Crippen molar-refractivity contribution in [1.82, 2.24) is 15.6 Å². The Morgan fingerprint density at radius 1 is 1.18 bits per heavy atom. The molecule has 3 N–H and O–H groups in total. The summed E-state index contributed by atoms with van der Waals surface area (Å²) in [5.74, 6) is 0.794. The lowest BCUT2D eigenvalue weighted by Gasteiger charge is -2.12. The molecule has 0 radical (unpaired) electrons. The third-order valence-electron chi connectivity index (χ3n) is 4.42. The highest BCUT2D eigenvalue weighted by molar-refractivity contribution is 5.84. The third-order valence-corrected chi connectivity index (χ3v) is 4.42. The van der Waals surface area contributed by atoms with Gasteiger partial charge in [0.1, 0.15) is 5.75 Å². The molecule has 28 heavy (non-hydrogen) atoms. The third kappa shape index (κ3) is 5.22. The molecule has 0 aliphatic carbocycles. The first kappa shape index (κ1) is 19.7. The number of benzene rings is 2. The van der Waals surface area contributed by atoms with Crippen molar-refractivity contribution in [1.29, 1.82) is 0 Å². The second-order valence-corrected chi connectivity index (χ2v) is 6.49. The Bertz CT molecular complexity index is 952. The van der Waals surface area contributed by atoms with Crippen molar-refractivity contribution < 1.29 is 13.5 Å². The lowest BCUT2D eigenvalue weighted by molar-refractivity contribution is -0.0498. The van der Waals surface area contributed by atoms with Crippen LogP contribution in [0.4, 0.5) is 8.78 Å². The molecule has 0 saturated carbocycles. The minimum Gasteiger partial charge on any atom is -0.435 e. The van der Waals surface area contributed by atoms with E-state index in [4.69, 9.17) is 0 Å². The lowest BCUT2D eigenvalue weighted by Crippen LogP contribution is -2.37. The van der Waals surface area contributed by atoms with E-state index in [1.165, 1.54) is 22.6 Å². The summed E-state index contributed by atoms with van der Waals surface area (Å²) in [6.07, 6.45) is 2.89. The molecule has 7 heteroatoms. The molecular formula is C21H24F2N4O. The van der Waals surface area contributed by atoms with Gasteiger partial charge < -0.3 is 20.4 Å². The molecule has 0 saturated heterocycles. The Morgan fingerprint density at radius 3 is 2.82 bits per heavy atom. The molecule has 2 aromatic carbocycles. The van der Waals surface area contributed by atoms with E-state index in [-0.39, 0.29) is 5.75 Å². The van der Waals surface area contributed by atoms with Gasteiger partial charge in [0, 0.05) is 37.2 Å². The first-order chi connectivity index (χ1) is 13.5. The van der Waals surface area contributed by atoms with E-state index in [9.17, 15) is 8.78 Å². The number of nitrogens with zero attached hydrogens (tertiary/aromatic N) is 1. The van der Waals surface area contributed by atoms with Gasteiger partial charge in [0.25, 0.3) is 0 Å². The smallest absolute Gasteiger partial charge is 0.387 e. The van der Waals surface area contributed by atoms with Crippen LogP contribution >= 0.6 is 0 Å². The van der Waals surface area contributed by atoms with Crippen molar-refractivity contribution in [3.05, 3.63) is 65.4 Å². The van der Waals surface area contributed by atoms with Gasteiger partial charge >= 0.3 is 6.61 Å². The van der Waals surface area contributed by atoms with Crippen molar-refractivity contribution in [2.24, 2.45) is 4.99 Å². The SMILES string of the molecule is CN=C(NCCc1c[nH]c2cc(C)ccc12)NCc1cccc(OC(F)F)c1. The van der Waals surface area contributed by atoms with Crippen LogP contribution in [-0.4, -0.2) is 31.1 Å². The van der Waals surface area contributed by atoms with E-state index in [1.54, 1.807) is 19.2 Å². The number of nitrogens with one attached hydrogen (secondary N) is 3. The van der Waals surface area contributed by atoms with Crippen LogP contribution in [0.25, 0.3) is 10.9 Å². The summed E-state index contributed by atoms with van der Waals surface area (Å²) in [6, 6.07) is 13.0. The number of aliphatic imine (C=N–C) groups is 1. The van der Waals surface area contributed by atoms with Crippen molar-refractivity contribution in [3.8, 4) is 5.75 Å². The molecule has 0 aliphatic rings. The topological polar surface area (TPSA) is 61.4 Å². The van der Waals surface area contributed by atoms with E-state index in [2.05, 4.69) is 50.5 Å². The second-order valence-electron chi connectivity index (χ2n) is 6.49. The predicted octanol–water partition coefficient (Wildman–Crippen LogP) is 3.99. The summed E-state index contributed by atoms with van der Waals surface area (Å²) in [5.41, 5.74) is 4.44. The average Bonchev–Trinajstić information content (AvgIpc) is 3.06. The number of H-pyrrole nitrogens is 1. The quantitative estimate of drug-likeness (QED) is 0.425. The molecule has 3 aromatic rings. The number of guanidine groups is 1. The van der Waals surface area contributed by atoms with Gasteiger partial charge in [-0.25, -0.2) is 0 Å². The van der Waals surface area contributed by atoms with Crippen molar-refractivity contribution in [2.75, 3.05) is 13.6 Å². The van der Waals surface area contributed by atoms with E-state index >= 15 is 0 Å². The summed E-state index contributed by atoms with van der Waals surface area (Å²) in [5, 5.41) is 7.68. The molecule has 5 nitrogen and oxygen atoms in total. The summed E-state index contributed by atoms with van der Waals surface area (Å²) >= 11 is 0. The first-order valence-corrected chi connectivity index (χ1v) is 9.10. The molecule has 0 bridgehead atoms. The number of aryl methyl sites for hydroxylation is 1. The molecule has 1 heterocycles. The summed E-state index contributed by atoms with van der Waals surface area (Å²) in [7, 11) is 1.69. The Labute approximate surface area is 162 Å². The highest BCUT2D eigenvalue weighted by atomic mass is 19.3. The van der Waals surface area contributed by atoms with Crippen molar-refractivity contribution >= 4 is 16.9 Å². The van der Waals surface area contributed by atoms with Crippen LogP contribution in [0, 0.1) is 6.92 Å². The molecule has 0 aliphatic heterocycles. The van der Waals surface area contributed by atoms with Crippen LogP contribution in [0.15, 0.2) is 53.7 Å². The molecular weight excluding hydrogens is 362 g/mol. The Kier molecular flexibility index (Phi) is 6.47. The maximum absolute atomic E-state index is 12.3. The van der Waals surface area contributed by atoms with E-state index in [0.717, 1.165) is 24.0 Å². The van der Waals surface area contributed by atoms with E-state index in [0.29, 0.717) is 12.5 Å². The van der Waals surface area contributed by atoms with Gasteiger partial charge in [-0.3, -0.25) is 4.99 Å². The van der Waals surface area contributed by atoms with Gasteiger partial charge in [-0.1, -0.05) is 24.3 Å². The number of ether oxygens (including phenoxy) is 1. The van der Waals surface area contributed by atoms with Gasteiger partial charge in [-0.05, 0) is 48.2 Å².